The predicted octanol–water partition coefficient (Wildman–Crippen LogP) is 2.49. The fourth-order valence-electron chi connectivity index (χ4n) is 3.41. The third kappa shape index (κ3) is 3.00. The Balaban J connectivity index is 1.69. The largest absolute Gasteiger partial charge is 0.346 e. The van der Waals surface area contributed by atoms with E-state index in [0.29, 0.717) is 6.04 Å². The van der Waals surface area contributed by atoms with Crippen molar-refractivity contribution in [2.75, 3.05) is 37.6 Å². The number of rotatable bonds is 4. The maximum Gasteiger partial charge on any atom is 0.185 e. The first kappa shape index (κ1) is 14.3. The monoisotopic (exact) mass is 294 g/mol. The summed E-state index contributed by atoms with van der Waals surface area (Å²) in [7, 11) is 0. The van der Waals surface area contributed by atoms with E-state index >= 15 is 0 Å². The van der Waals surface area contributed by atoms with Crippen LogP contribution in [-0.4, -0.2) is 48.6 Å². The van der Waals surface area contributed by atoms with Crippen molar-refractivity contribution in [3.8, 4) is 0 Å². The highest BCUT2D eigenvalue weighted by atomic mass is 32.1. The SMILES string of the molecule is CCNC(C)c1csc(N2CCCN3CCCC3C2)n1. The van der Waals surface area contributed by atoms with Crippen molar-refractivity contribution in [3.63, 3.8) is 0 Å². The van der Waals surface area contributed by atoms with Gasteiger partial charge in [0, 0.05) is 37.1 Å². The molecule has 3 heterocycles. The van der Waals surface area contributed by atoms with Crippen LogP contribution in [0.25, 0.3) is 0 Å². The third-order valence-corrected chi connectivity index (χ3v) is 5.46. The number of thiazole rings is 1. The molecule has 2 aliphatic heterocycles. The van der Waals surface area contributed by atoms with E-state index in [1.165, 1.54) is 49.7 Å². The van der Waals surface area contributed by atoms with Crippen LogP contribution < -0.4 is 10.2 Å². The zero-order valence-electron chi connectivity index (χ0n) is 12.6. The molecule has 2 saturated heterocycles. The van der Waals surface area contributed by atoms with E-state index in [1.807, 2.05) is 11.3 Å². The van der Waals surface area contributed by atoms with Gasteiger partial charge in [0.25, 0.3) is 0 Å². The van der Waals surface area contributed by atoms with Gasteiger partial charge in [0.1, 0.15) is 0 Å². The molecule has 1 aromatic rings. The highest BCUT2D eigenvalue weighted by molar-refractivity contribution is 7.13. The normalized spacial score (nSPS) is 25.5. The lowest BCUT2D eigenvalue weighted by atomic mass is 10.2. The Bertz CT molecular complexity index is 433. The standard InChI is InChI=1S/C15H26N4S/c1-3-16-12(2)14-11-20-15(17-14)19-9-5-8-18-7-4-6-13(18)10-19/h11-13,16H,3-10H2,1-2H3. The molecule has 0 amide bonds. The summed E-state index contributed by atoms with van der Waals surface area (Å²) in [6.45, 7) is 10.2. The molecule has 2 unspecified atom stereocenters. The van der Waals surface area contributed by atoms with Crippen molar-refractivity contribution in [3.05, 3.63) is 11.1 Å². The van der Waals surface area contributed by atoms with Crippen LogP contribution in [0.3, 0.4) is 0 Å². The smallest absolute Gasteiger partial charge is 0.185 e. The second-order valence-corrected chi connectivity index (χ2v) is 6.80. The minimum absolute atomic E-state index is 0.361. The quantitative estimate of drug-likeness (QED) is 0.924. The number of hydrogen-bond donors (Lipinski definition) is 1. The van der Waals surface area contributed by atoms with Gasteiger partial charge in [-0.2, -0.15) is 0 Å². The lowest BCUT2D eigenvalue weighted by molar-refractivity contribution is 0.273. The summed E-state index contributed by atoms with van der Waals surface area (Å²) in [4.78, 5) is 10.1. The van der Waals surface area contributed by atoms with E-state index in [1.54, 1.807) is 0 Å². The Morgan fingerprint density at radius 1 is 1.40 bits per heavy atom. The minimum Gasteiger partial charge on any atom is -0.346 e. The molecule has 2 aliphatic rings. The van der Waals surface area contributed by atoms with Crippen molar-refractivity contribution < 1.29 is 0 Å². The maximum absolute atomic E-state index is 4.87. The fraction of sp³-hybridized carbons (Fsp3) is 0.800. The van der Waals surface area contributed by atoms with Crippen LogP contribution in [-0.2, 0) is 0 Å². The van der Waals surface area contributed by atoms with Crippen molar-refractivity contribution in [1.29, 1.82) is 0 Å². The summed E-state index contributed by atoms with van der Waals surface area (Å²) in [6.07, 6.45) is 4.01. The van der Waals surface area contributed by atoms with Crippen molar-refractivity contribution >= 4 is 16.5 Å². The first-order valence-corrected chi connectivity index (χ1v) is 8.83. The van der Waals surface area contributed by atoms with Crippen LogP contribution in [0.1, 0.15) is 44.8 Å². The van der Waals surface area contributed by atoms with Gasteiger partial charge in [-0.15, -0.1) is 11.3 Å². The number of nitrogens with one attached hydrogen (secondary N) is 1. The number of hydrogen-bond acceptors (Lipinski definition) is 5. The summed E-state index contributed by atoms with van der Waals surface area (Å²) in [6, 6.07) is 1.12. The van der Waals surface area contributed by atoms with Crippen LogP contribution >= 0.6 is 11.3 Å². The molecule has 2 atom stereocenters. The Morgan fingerprint density at radius 3 is 3.10 bits per heavy atom. The van der Waals surface area contributed by atoms with Crippen LogP contribution in [0.5, 0.6) is 0 Å². The molecule has 0 aliphatic carbocycles. The van der Waals surface area contributed by atoms with E-state index in [2.05, 4.69) is 34.3 Å². The summed E-state index contributed by atoms with van der Waals surface area (Å²) < 4.78 is 0. The van der Waals surface area contributed by atoms with Gasteiger partial charge in [0.2, 0.25) is 0 Å². The molecule has 112 valence electrons. The third-order valence-electron chi connectivity index (χ3n) is 4.54. The molecule has 1 aromatic heterocycles. The van der Waals surface area contributed by atoms with Gasteiger partial charge in [0.05, 0.1) is 5.69 Å². The number of fused-ring (bicyclic) bond motifs is 1. The van der Waals surface area contributed by atoms with Crippen LogP contribution in [0.15, 0.2) is 5.38 Å². The van der Waals surface area contributed by atoms with Gasteiger partial charge >= 0.3 is 0 Å². The second-order valence-electron chi connectivity index (χ2n) is 5.97. The summed E-state index contributed by atoms with van der Waals surface area (Å²) in [5, 5.41) is 6.89. The van der Waals surface area contributed by atoms with Gasteiger partial charge in [-0.05, 0) is 39.3 Å². The highest BCUT2D eigenvalue weighted by Gasteiger charge is 2.29. The first-order chi connectivity index (χ1) is 9.78. The van der Waals surface area contributed by atoms with E-state index in [9.17, 15) is 0 Å². The van der Waals surface area contributed by atoms with Crippen molar-refractivity contribution in [2.45, 2.75) is 45.2 Å². The molecular formula is C15H26N4S. The van der Waals surface area contributed by atoms with Crippen molar-refractivity contribution in [2.24, 2.45) is 0 Å². The van der Waals surface area contributed by atoms with E-state index in [0.717, 1.165) is 19.1 Å². The van der Waals surface area contributed by atoms with Crippen LogP contribution in [0.2, 0.25) is 0 Å². The van der Waals surface area contributed by atoms with Gasteiger partial charge in [0.15, 0.2) is 5.13 Å². The van der Waals surface area contributed by atoms with Gasteiger partial charge in [-0.25, -0.2) is 4.98 Å². The molecule has 2 fully saturated rings. The maximum atomic E-state index is 4.87. The first-order valence-electron chi connectivity index (χ1n) is 7.95. The van der Waals surface area contributed by atoms with Crippen LogP contribution in [0, 0.1) is 0 Å². The molecule has 0 bridgehead atoms. The number of nitrogens with zero attached hydrogens (tertiary/aromatic N) is 3. The number of anilines is 1. The van der Waals surface area contributed by atoms with Crippen LogP contribution in [0.4, 0.5) is 5.13 Å². The number of aromatic nitrogens is 1. The summed E-state index contributed by atoms with van der Waals surface area (Å²) in [5.74, 6) is 0. The molecule has 5 heteroatoms. The average Bonchev–Trinajstić information content (AvgIpc) is 3.05. The Labute approximate surface area is 126 Å². The van der Waals surface area contributed by atoms with Gasteiger partial charge < -0.3 is 10.2 Å². The van der Waals surface area contributed by atoms with E-state index in [-0.39, 0.29) is 0 Å². The Morgan fingerprint density at radius 2 is 2.25 bits per heavy atom. The average molecular weight is 294 g/mol. The van der Waals surface area contributed by atoms with E-state index in [4.69, 9.17) is 4.98 Å². The molecule has 0 spiro atoms. The summed E-state index contributed by atoms with van der Waals surface area (Å²) >= 11 is 1.81. The highest BCUT2D eigenvalue weighted by Crippen LogP contribution is 2.28. The topological polar surface area (TPSA) is 31.4 Å². The summed E-state index contributed by atoms with van der Waals surface area (Å²) in [5.41, 5.74) is 1.19. The van der Waals surface area contributed by atoms with E-state index < -0.39 is 0 Å². The second kappa shape index (κ2) is 6.41. The van der Waals surface area contributed by atoms with Gasteiger partial charge in [-0.1, -0.05) is 6.92 Å². The fourth-order valence-corrected chi connectivity index (χ4v) is 4.37. The molecule has 4 nitrogen and oxygen atoms in total. The van der Waals surface area contributed by atoms with Crippen molar-refractivity contribution in [1.82, 2.24) is 15.2 Å². The Kier molecular flexibility index (Phi) is 4.58. The molecular weight excluding hydrogens is 268 g/mol. The molecule has 0 saturated carbocycles. The lowest BCUT2D eigenvalue weighted by Crippen LogP contribution is -2.36. The molecule has 20 heavy (non-hydrogen) atoms. The minimum atomic E-state index is 0.361. The molecule has 0 radical (unpaired) electrons. The zero-order valence-corrected chi connectivity index (χ0v) is 13.5. The molecule has 3 rings (SSSR count). The van der Waals surface area contributed by atoms with Gasteiger partial charge in [-0.3, -0.25) is 4.90 Å². The molecule has 0 aromatic carbocycles. The zero-order chi connectivity index (χ0) is 13.9. The molecule has 1 N–H and O–H groups in total. The lowest BCUT2D eigenvalue weighted by Gasteiger charge is -2.25. The predicted molar refractivity (Wildman–Crippen MR) is 85.6 cm³/mol. The Hall–Kier alpha value is -0.650.